The highest BCUT2D eigenvalue weighted by Gasteiger charge is 2.13. The van der Waals surface area contributed by atoms with Crippen molar-refractivity contribution in [3.63, 3.8) is 0 Å². The summed E-state index contributed by atoms with van der Waals surface area (Å²) < 4.78 is 1.75. The first-order chi connectivity index (χ1) is 9.72. The lowest BCUT2D eigenvalue weighted by Gasteiger charge is -2.21. The highest BCUT2D eigenvalue weighted by molar-refractivity contribution is 9.10. The fourth-order valence-corrected chi connectivity index (χ4v) is 3.18. The lowest BCUT2D eigenvalue weighted by molar-refractivity contribution is 0.266. The number of aliphatic hydroxyl groups excluding tert-OH is 1. The molecule has 2 N–H and O–H groups in total. The van der Waals surface area contributed by atoms with Crippen molar-refractivity contribution in [1.29, 1.82) is 0 Å². The monoisotopic (exact) mass is 343 g/mol. The number of aliphatic hydroxyl groups is 1. The molecular formula is C14H22BrN3O2. The van der Waals surface area contributed by atoms with E-state index in [4.69, 9.17) is 5.11 Å². The number of nitrogens with zero attached hydrogens (tertiary/aromatic N) is 2. The normalized spacial score (nSPS) is 16.3. The summed E-state index contributed by atoms with van der Waals surface area (Å²) in [5.74, 6) is 0.817. The number of halogens is 1. The van der Waals surface area contributed by atoms with Gasteiger partial charge in [-0.15, -0.1) is 0 Å². The predicted molar refractivity (Wildman–Crippen MR) is 83.0 cm³/mol. The zero-order chi connectivity index (χ0) is 14.4. The van der Waals surface area contributed by atoms with Crippen molar-refractivity contribution < 1.29 is 5.11 Å². The van der Waals surface area contributed by atoms with Crippen molar-refractivity contribution in [2.75, 3.05) is 18.5 Å². The van der Waals surface area contributed by atoms with Gasteiger partial charge < -0.3 is 10.4 Å². The quantitative estimate of drug-likeness (QED) is 0.832. The molecule has 112 valence electrons. The average molecular weight is 344 g/mol. The SMILES string of the molecule is O=c1c(Br)c(NCCC2CCCCC2)cnn1CCO. The minimum absolute atomic E-state index is 0.0895. The molecule has 1 aliphatic carbocycles. The van der Waals surface area contributed by atoms with Crippen LogP contribution in [0.2, 0.25) is 0 Å². The van der Waals surface area contributed by atoms with Gasteiger partial charge in [0.25, 0.3) is 5.56 Å². The summed E-state index contributed by atoms with van der Waals surface area (Å²) in [5, 5.41) is 16.2. The van der Waals surface area contributed by atoms with Crippen LogP contribution < -0.4 is 10.9 Å². The number of aromatic nitrogens is 2. The molecule has 0 aromatic carbocycles. The number of rotatable bonds is 6. The molecule has 0 radical (unpaired) electrons. The number of anilines is 1. The van der Waals surface area contributed by atoms with Crippen molar-refractivity contribution in [3.05, 3.63) is 21.0 Å². The van der Waals surface area contributed by atoms with Gasteiger partial charge in [-0.3, -0.25) is 4.79 Å². The van der Waals surface area contributed by atoms with E-state index in [1.54, 1.807) is 6.20 Å². The Kier molecular flexibility index (Phi) is 6.04. The van der Waals surface area contributed by atoms with Crippen LogP contribution in [0.4, 0.5) is 5.69 Å². The zero-order valence-corrected chi connectivity index (χ0v) is 13.2. The number of hydrogen-bond acceptors (Lipinski definition) is 4. The molecule has 1 aromatic heterocycles. The molecule has 20 heavy (non-hydrogen) atoms. The van der Waals surface area contributed by atoms with E-state index in [2.05, 4.69) is 26.3 Å². The third kappa shape index (κ3) is 4.06. The van der Waals surface area contributed by atoms with Gasteiger partial charge in [0.15, 0.2) is 0 Å². The van der Waals surface area contributed by atoms with Crippen LogP contribution in [0.15, 0.2) is 15.5 Å². The molecule has 1 aromatic rings. The van der Waals surface area contributed by atoms with E-state index >= 15 is 0 Å². The van der Waals surface area contributed by atoms with Gasteiger partial charge in [-0.25, -0.2) is 4.68 Å². The van der Waals surface area contributed by atoms with Gasteiger partial charge in [0, 0.05) is 6.54 Å². The lowest BCUT2D eigenvalue weighted by Crippen LogP contribution is -2.26. The van der Waals surface area contributed by atoms with Crippen molar-refractivity contribution in [2.24, 2.45) is 5.92 Å². The smallest absolute Gasteiger partial charge is 0.283 e. The zero-order valence-electron chi connectivity index (χ0n) is 11.6. The molecule has 1 saturated carbocycles. The molecule has 0 atom stereocenters. The molecule has 5 nitrogen and oxygen atoms in total. The Bertz CT molecular complexity index is 484. The van der Waals surface area contributed by atoms with Crippen molar-refractivity contribution in [2.45, 2.75) is 45.1 Å². The Morgan fingerprint density at radius 1 is 1.40 bits per heavy atom. The van der Waals surface area contributed by atoms with Gasteiger partial charge in [0.1, 0.15) is 4.47 Å². The Balaban J connectivity index is 1.89. The van der Waals surface area contributed by atoms with Crippen LogP contribution >= 0.6 is 15.9 Å². The molecule has 0 aliphatic heterocycles. The fourth-order valence-electron chi connectivity index (χ4n) is 2.73. The summed E-state index contributed by atoms with van der Waals surface area (Å²) in [5.41, 5.74) is 0.529. The Morgan fingerprint density at radius 2 is 2.15 bits per heavy atom. The predicted octanol–water partition coefficient (Wildman–Crippen LogP) is 2.38. The van der Waals surface area contributed by atoms with Gasteiger partial charge in [0.05, 0.1) is 25.0 Å². The second kappa shape index (κ2) is 7.78. The van der Waals surface area contributed by atoms with E-state index in [0.717, 1.165) is 24.6 Å². The molecule has 2 rings (SSSR count). The Hall–Kier alpha value is -0.880. The highest BCUT2D eigenvalue weighted by Crippen LogP contribution is 2.26. The van der Waals surface area contributed by atoms with E-state index in [1.165, 1.54) is 36.8 Å². The molecule has 1 heterocycles. The molecule has 1 aliphatic rings. The Labute approximate surface area is 127 Å². The topological polar surface area (TPSA) is 67.2 Å². The Morgan fingerprint density at radius 3 is 2.85 bits per heavy atom. The number of nitrogens with one attached hydrogen (secondary N) is 1. The van der Waals surface area contributed by atoms with Crippen LogP contribution in [0.1, 0.15) is 38.5 Å². The van der Waals surface area contributed by atoms with E-state index < -0.39 is 0 Å². The first-order valence-corrected chi connectivity index (χ1v) is 8.12. The minimum Gasteiger partial charge on any atom is -0.394 e. The first kappa shape index (κ1) is 15.5. The first-order valence-electron chi connectivity index (χ1n) is 7.32. The minimum atomic E-state index is -0.207. The summed E-state index contributed by atoms with van der Waals surface area (Å²) in [6.07, 6.45) is 9.54. The molecule has 0 unspecified atom stereocenters. The molecule has 1 fully saturated rings. The maximum Gasteiger partial charge on any atom is 0.283 e. The van der Waals surface area contributed by atoms with Gasteiger partial charge in [-0.2, -0.15) is 5.10 Å². The maximum atomic E-state index is 11.9. The largest absolute Gasteiger partial charge is 0.394 e. The summed E-state index contributed by atoms with van der Waals surface area (Å²) >= 11 is 3.31. The summed E-state index contributed by atoms with van der Waals surface area (Å²) in [7, 11) is 0. The molecular weight excluding hydrogens is 322 g/mol. The van der Waals surface area contributed by atoms with Gasteiger partial charge in [0.2, 0.25) is 0 Å². The van der Waals surface area contributed by atoms with Crippen molar-refractivity contribution >= 4 is 21.6 Å². The van der Waals surface area contributed by atoms with Gasteiger partial charge in [-0.05, 0) is 28.3 Å². The van der Waals surface area contributed by atoms with Crippen LogP contribution in [-0.2, 0) is 6.54 Å². The summed E-state index contributed by atoms with van der Waals surface area (Å²) in [4.78, 5) is 11.9. The number of hydrogen-bond donors (Lipinski definition) is 2. The van der Waals surface area contributed by atoms with Crippen LogP contribution in [-0.4, -0.2) is 28.0 Å². The van der Waals surface area contributed by atoms with E-state index in [-0.39, 0.29) is 18.7 Å². The molecule has 6 heteroatoms. The summed E-state index contributed by atoms with van der Waals surface area (Å²) in [6, 6.07) is 0. The fraction of sp³-hybridized carbons (Fsp3) is 0.714. The standard InChI is InChI=1S/C14H22BrN3O2/c15-13-12(10-17-18(8-9-19)14(13)20)16-7-6-11-4-2-1-3-5-11/h10-11,16,19H,1-9H2. The second-order valence-electron chi connectivity index (χ2n) is 5.34. The summed E-state index contributed by atoms with van der Waals surface area (Å²) in [6.45, 7) is 1.00. The van der Waals surface area contributed by atoms with E-state index in [0.29, 0.717) is 4.47 Å². The van der Waals surface area contributed by atoms with E-state index in [1.807, 2.05) is 0 Å². The van der Waals surface area contributed by atoms with Crippen LogP contribution in [0.3, 0.4) is 0 Å². The van der Waals surface area contributed by atoms with Crippen molar-refractivity contribution in [1.82, 2.24) is 9.78 Å². The lowest BCUT2D eigenvalue weighted by atomic mass is 9.87. The highest BCUT2D eigenvalue weighted by atomic mass is 79.9. The van der Waals surface area contributed by atoms with Crippen molar-refractivity contribution in [3.8, 4) is 0 Å². The molecule has 0 saturated heterocycles. The van der Waals surface area contributed by atoms with Crippen LogP contribution in [0.25, 0.3) is 0 Å². The average Bonchev–Trinajstić information content (AvgIpc) is 2.48. The van der Waals surface area contributed by atoms with Gasteiger partial charge >= 0.3 is 0 Å². The van der Waals surface area contributed by atoms with Crippen LogP contribution in [0, 0.1) is 5.92 Å². The molecule has 0 amide bonds. The third-order valence-corrected chi connectivity index (χ3v) is 4.66. The second-order valence-corrected chi connectivity index (χ2v) is 6.14. The maximum absolute atomic E-state index is 11.9. The van der Waals surface area contributed by atoms with Crippen LogP contribution in [0.5, 0.6) is 0 Å². The third-order valence-electron chi connectivity index (χ3n) is 3.89. The van der Waals surface area contributed by atoms with E-state index in [9.17, 15) is 4.79 Å². The van der Waals surface area contributed by atoms with Gasteiger partial charge in [-0.1, -0.05) is 32.1 Å². The molecule has 0 bridgehead atoms. The molecule has 0 spiro atoms.